The highest BCUT2D eigenvalue weighted by atomic mass is 16.1. The van der Waals surface area contributed by atoms with Crippen molar-refractivity contribution in [3.05, 3.63) is 59.2 Å². The number of anilines is 2. The zero-order valence-electron chi connectivity index (χ0n) is 11.9. The monoisotopic (exact) mass is 268 g/mol. The van der Waals surface area contributed by atoms with Gasteiger partial charge in [-0.2, -0.15) is 0 Å². The molecule has 1 amide bonds. The summed E-state index contributed by atoms with van der Waals surface area (Å²) in [5.41, 5.74) is 10.2. The van der Waals surface area contributed by atoms with Crippen molar-refractivity contribution in [2.45, 2.75) is 26.7 Å². The summed E-state index contributed by atoms with van der Waals surface area (Å²) in [5, 5.41) is 2.95. The number of nitrogens with two attached hydrogens (primary N) is 1. The lowest BCUT2D eigenvalue weighted by atomic mass is 10.1. The number of hydrogen-bond donors (Lipinski definition) is 2. The lowest BCUT2D eigenvalue weighted by molar-refractivity contribution is 0.102. The SMILES string of the molecule is CCc1ccc(C(=O)Nc2ccc(N)cc2CC)cc1. The quantitative estimate of drug-likeness (QED) is 0.832. The van der Waals surface area contributed by atoms with Crippen LogP contribution in [0.5, 0.6) is 0 Å². The van der Waals surface area contributed by atoms with Gasteiger partial charge in [0, 0.05) is 16.9 Å². The average Bonchev–Trinajstić information content (AvgIpc) is 2.49. The number of nitrogen functional groups attached to an aromatic ring is 1. The number of carbonyl (C=O) groups is 1. The molecule has 0 aliphatic rings. The van der Waals surface area contributed by atoms with Crippen LogP contribution in [0.3, 0.4) is 0 Å². The van der Waals surface area contributed by atoms with Crippen molar-refractivity contribution in [3.63, 3.8) is 0 Å². The van der Waals surface area contributed by atoms with E-state index in [1.54, 1.807) is 6.07 Å². The molecule has 0 saturated carbocycles. The molecule has 0 unspecified atom stereocenters. The van der Waals surface area contributed by atoms with Gasteiger partial charge in [0.05, 0.1) is 0 Å². The van der Waals surface area contributed by atoms with E-state index >= 15 is 0 Å². The summed E-state index contributed by atoms with van der Waals surface area (Å²) in [6, 6.07) is 13.2. The Morgan fingerprint density at radius 1 is 1.05 bits per heavy atom. The van der Waals surface area contributed by atoms with E-state index in [0.29, 0.717) is 11.3 Å². The minimum Gasteiger partial charge on any atom is -0.399 e. The first-order valence-electron chi connectivity index (χ1n) is 6.92. The molecule has 3 N–H and O–H groups in total. The zero-order valence-corrected chi connectivity index (χ0v) is 11.9. The molecule has 0 radical (unpaired) electrons. The third-order valence-electron chi connectivity index (χ3n) is 3.38. The van der Waals surface area contributed by atoms with Crippen LogP contribution < -0.4 is 11.1 Å². The van der Waals surface area contributed by atoms with Crippen molar-refractivity contribution < 1.29 is 4.79 Å². The second kappa shape index (κ2) is 6.24. The van der Waals surface area contributed by atoms with Crippen molar-refractivity contribution in [1.82, 2.24) is 0 Å². The third kappa shape index (κ3) is 3.18. The number of rotatable bonds is 4. The van der Waals surface area contributed by atoms with E-state index in [1.807, 2.05) is 43.3 Å². The van der Waals surface area contributed by atoms with Crippen LogP contribution >= 0.6 is 0 Å². The van der Waals surface area contributed by atoms with Crippen molar-refractivity contribution in [3.8, 4) is 0 Å². The van der Waals surface area contributed by atoms with Crippen LogP contribution in [0.2, 0.25) is 0 Å². The van der Waals surface area contributed by atoms with Crippen molar-refractivity contribution in [1.29, 1.82) is 0 Å². The number of aryl methyl sites for hydroxylation is 2. The fourth-order valence-electron chi connectivity index (χ4n) is 2.11. The molecule has 0 heterocycles. The summed E-state index contributed by atoms with van der Waals surface area (Å²) in [5.74, 6) is -0.0906. The smallest absolute Gasteiger partial charge is 0.255 e. The van der Waals surface area contributed by atoms with E-state index in [9.17, 15) is 4.79 Å². The summed E-state index contributed by atoms with van der Waals surface area (Å²) < 4.78 is 0. The van der Waals surface area contributed by atoms with E-state index in [4.69, 9.17) is 5.73 Å². The van der Waals surface area contributed by atoms with Crippen LogP contribution in [0.15, 0.2) is 42.5 Å². The maximum atomic E-state index is 12.2. The molecule has 104 valence electrons. The van der Waals surface area contributed by atoms with E-state index in [-0.39, 0.29) is 5.91 Å². The van der Waals surface area contributed by atoms with Gasteiger partial charge < -0.3 is 11.1 Å². The van der Waals surface area contributed by atoms with Gasteiger partial charge in [-0.15, -0.1) is 0 Å². The van der Waals surface area contributed by atoms with E-state index in [2.05, 4.69) is 12.2 Å². The molecule has 2 rings (SSSR count). The van der Waals surface area contributed by atoms with Crippen molar-refractivity contribution in [2.75, 3.05) is 11.1 Å². The Bertz CT molecular complexity index is 603. The lowest BCUT2D eigenvalue weighted by Gasteiger charge is -2.11. The predicted octanol–water partition coefficient (Wildman–Crippen LogP) is 3.65. The molecule has 2 aromatic rings. The molecule has 0 fully saturated rings. The second-order valence-electron chi connectivity index (χ2n) is 4.77. The number of amides is 1. The van der Waals surface area contributed by atoms with Crippen LogP contribution in [0.25, 0.3) is 0 Å². The minimum atomic E-state index is -0.0906. The first-order chi connectivity index (χ1) is 9.63. The van der Waals surface area contributed by atoms with Gasteiger partial charge in [0.25, 0.3) is 5.91 Å². The van der Waals surface area contributed by atoms with Gasteiger partial charge >= 0.3 is 0 Å². The van der Waals surface area contributed by atoms with Gasteiger partial charge in [0.15, 0.2) is 0 Å². The van der Waals surface area contributed by atoms with Crippen LogP contribution in [0.1, 0.15) is 35.3 Å². The fraction of sp³-hybridized carbons (Fsp3) is 0.235. The Balaban J connectivity index is 2.18. The molecule has 0 aromatic heterocycles. The summed E-state index contributed by atoms with van der Waals surface area (Å²) in [6.45, 7) is 4.14. The second-order valence-corrected chi connectivity index (χ2v) is 4.77. The Kier molecular flexibility index (Phi) is 4.41. The summed E-state index contributed by atoms with van der Waals surface area (Å²) in [4.78, 5) is 12.2. The number of carbonyl (C=O) groups excluding carboxylic acids is 1. The van der Waals surface area contributed by atoms with Gasteiger partial charge in [-0.3, -0.25) is 4.79 Å². The van der Waals surface area contributed by atoms with Crippen molar-refractivity contribution >= 4 is 17.3 Å². The number of benzene rings is 2. The van der Waals surface area contributed by atoms with Gasteiger partial charge in [0.1, 0.15) is 0 Å². The first-order valence-corrected chi connectivity index (χ1v) is 6.92. The summed E-state index contributed by atoms with van der Waals surface area (Å²) in [7, 11) is 0. The van der Waals surface area contributed by atoms with Crippen LogP contribution in [0.4, 0.5) is 11.4 Å². The molecular formula is C17H20N2O. The minimum absolute atomic E-state index is 0.0906. The zero-order chi connectivity index (χ0) is 14.5. The maximum absolute atomic E-state index is 12.2. The molecule has 0 bridgehead atoms. The molecule has 2 aromatic carbocycles. The predicted molar refractivity (Wildman–Crippen MR) is 84.0 cm³/mol. The van der Waals surface area contributed by atoms with E-state index in [1.165, 1.54) is 5.56 Å². The fourth-order valence-corrected chi connectivity index (χ4v) is 2.11. The Morgan fingerprint density at radius 3 is 2.35 bits per heavy atom. The third-order valence-corrected chi connectivity index (χ3v) is 3.38. The number of nitrogens with one attached hydrogen (secondary N) is 1. The molecule has 3 nitrogen and oxygen atoms in total. The number of hydrogen-bond acceptors (Lipinski definition) is 2. The Morgan fingerprint density at radius 2 is 1.75 bits per heavy atom. The molecule has 20 heavy (non-hydrogen) atoms. The molecule has 0 atom stereocenters. The lowest BCUT2D eigenvalue weighted by Crippen LogP contribution is -2.13. The highest BCUT2D eigenvalue weighted by Crippen LogP contribution is 2.20. The van der Waals surface area contributed by atoms with Gasteiger partial charge in [-0.05, 0) is 54.3 Å². The molecule has 3 heteroatoms. The van der Waals surface area contributed by atoms with Gasteiger partial charge in [-0.25, -0.2) is 0 Å². The average molecular weight is 268 g/mol. The summed E-state index contributed by atoms with van der Waals surface area (Å²) >= 11 is 0. The standard InChI is InChI=1S/C17H20N2O/c1-3-12-5-7-14(8-6-12)17(20)19-16-10-9-15(18)11-13(16)4-2/h5-11H,3-4,18H2,1-2H3,(H,19,20). The van der Waals surface area contributed by atoms with Gasteiger partial charge in [-0.1, -0.05) is 26.0 Å². The largest absolute Gasteiger partial charge is 0.399 e. The molecular weight excluding hydrogens is 248 g/mol. The van der Waals surface area contributed by atoms with E-state index in [0.717, 1.165) is 24.1 Å². The first kappa shape index (κ1) is 14.1. The highest BCUT2D eigenvalue weighted by Gasteiger charge is 2.08. The Labute approximate surface area is 119 Å². The Hall–Kier alpha value is -2.29. The molecule has 0 aliphatic heterocycles. The highest BCUT2D eigenvalue weighted by molar-refractivity contribution is 6.04. The summed E-state index contributed by atoms with van der Waals surface area (Å²) in [6.07, 6.45) is 1.80. The van der Waals surface area contributed by atoms with Crippen LogP contribution in [-0.4, -0.2) is 5.91 Å². The normalized spacial score (nSPS) is 10.3. The van der Waals surface area contributed by atoms with E-state index < -0.39 is 0 Å². The van der Waals surface area contributed by atoms with Gasteiger partial charge in [0.2, 0.25) is 0 Å². The van der Waals surface area contributed by atoms with Crippen molar-refractivity contribution in [2.24, 2.45) is 0 Å². The van der Waals surface area contributed by atoms with Crippen LogP contribution in [0, 0.1) is 0 Å². The topological polar surface area (TPSA) is 55.1 Å². The molecule has 0 aliphatic carbocycles. The maximum Gasteiger partial charge on any atom is 0.255 e. The molecule has 0 saturated heterocycles. The van der Waals surface area contributed by atoms with Crippen LogP contribution in [-0.2, 0) is 12.8 Å². The molecule has 0 spiro atoms.